The Bertz CT molecular complexity index is 951. The number of anilines is 1. The Hall–Kier alpha value is -2.38. The van der Waals surface area contributed by atoms with Crippen LogP contribution in [0.5, 0.6) is 0 Å². The van der Waals surface area contributed by atoms with E-state index in [9.17, 15) is 13.2 Å². The molecule has 1 amide bonds. The molecule has 0 atom stereocenters. The molecule has 0 aromatic heterocycles. The standard InChI is InChI=1S/C22H29N3O3S/c1-18-7-5-9-20(17-18)24-12-14-25(15-13-24)29(27,28)16-6-11-23-22(26)21-10-4-3-8-19(21)2/h3-5,7-10,17H,6,11-16H2,1-2H3,(H,23,26). The van der Waals surface area contributed by atoms with E-state index in [1.165, 1.54) is 5.56 Å². The van der Waals surface area contributed by atoms with Gasteiger partial charge < -0.3 is 10.2 Å². The molecule has 3 rings (SSSR count). The summed E-state index contributed by atoms with van der Waals surface area (Å²) in [5, 5.41) is 2.82. The average Bonchev–Trinajstić information content (AvgIpc) is 2.71. The summed E-state index contributed by atoms with van der Waals surface area (Å²) in [7, 11) is -3.31. The van der Waals surface area contributed by atoms with Crippen LogP contribution in [0.15, 0.2) is 48.5 Å². The van der Waals surface area contributed by atoms with E-state index in [4.69, 9.17) is 0 Å². The van der Waals surface area contributed by atoms with E-state index < -0.39 is 10.0 Å². The normalized spacial score (nSPS) is 15.3. The van der Waals surface area contributed by atoms with E-state index in [0.717, 1.165) is 11.3 Å². The first-order valence-corrected chi connectivity index (χ1v) is 11.6. The minimum absolute atomic E-state index is 0.0471. The van der Waals surface area contributed by atoms with Crippen molar-refractivity contribution in [2.45, 2.75) is 20.3 Å². The molecule has 1 fully saturated rings. The van der Waals surface area contributed by atoms with Gasteiger partial charge in [0.25, 0.3) is 5.91 Å². The molecule has 0 radical (unpaired) electrons. The van der Waals surface area contributed by atoms with Crippen LogP contribution in [-0.4, -0.2) is 57.1 Å². The highest BCUT2D eigenvalue weighted by atomic mass is 32.2. The molecule has 1 aliphatic heterocycles. The van der Waals surface area contributed by atoms with Crippen molar-refractivity contribution in [1.29, 1.82) is 0 Å². The van der Waals surface area contributed by atoms with Crippen molar-refractivity contribution in [3.63, 3.8) is 0 Å². The van der Waals surface area contributed by atoms with Gasteiger partial charge in [-0.05, 0) is 49.6 Å². The van der Waals surface area contributed by atoms with Gasteiger partial charge in [0.1, 0.15) is 0 Å². The lowest BCUT2D eigenvalue weighted by molar-refractivity contribution is 0.0953. The molecule has 0 spiro atoms. The molecule has 0 bridgehead atoms. The maximum atomic E-state index is 12.6. The number of carbonyl (C=O) groups excluding carboxylic acids is 1. The second-order valence-electron chi connectivity index (χ2n) is 7.47. The summed E-state index contributed by atoms with van der Waals surface area (Å²) < 4.78 is 26.9. The summed E-state index contributed by atoms with van der Waals surface area (Å²) in [5.74, 6) is -0.113. The van der Waals surface area contributed by atoms with Crippen molar-refractivity contribution in [3.05, 3.63) is 65.2 Å². The molecule has 6 nitrogen and oxygen atoms in total. The van der Waals surface area contributed by atoms with Crippen LogP contribution in [0.1, 0.15) is 27.9 Å². The van der Waals surface area contributed by atoms with Gasteiger partial charge in [-0.15, -0.1) is 0 Å². The Morgan fingerprint density at radius 3 is 2.41 bits per heavy atom. The highest BCUT2D eigenvalue weighted by Gasteiger charge is 2.26. The van der Waals surface area contributed by atoms with Gasteiger partial charge in [-0.25, -0.2) is 8.42 Å². The van der Waals surface area contributed by atoms with E-state index in [1.54, 1.807) is 10.4 Å². The number of benzene rings is 2. The van der Waals surface area contributed by atoms with E-state index in [1.807, 2.05) is 31.2 Å². The van der Waals surface area contributed by atoms with Gasteiger partial charge in [-0.2, -0.15) is 4.31 Å². The van der Waals surface area contributed by atoms with Crippen molar-refractivity contribution in [2.24, 2.45) is 0 Å². The van der Waals surface area contributed by atoms with Crippen LogP contribution >= 0.6 is 0 Å². The Kier molecular flexibility index (Phi) is 6.92. The number of carbonyl (C=O) groups is 1. The fourth-order valence-electron chi connectivity index (χ4n) is 3.56. The Balaban J connectivity index is 1.44. The molecule has 1 aliphatic rings. The van der Waals surface area contributed by atoms with Crippen LogP contribution in [0.2, 0.25) is 0 Å². The third kappa shape index (κ3) is 5.58. The smallest absolute Gasteiger partial charge is 0.251 e. The van der Waals surface area contributed by atoms with E-state index in [0.29, 0.717) is 44.7 Å². The Morgan fingerprint density at radius 2 is 1.72 bits per heavy atom. The summed E-state index contributed by atoms with van der Waals surface area (Å²) >= 11 is 0. The number of aryl methyl sites for hydroxylation is 2. The first-order valence-electron chi connectivity index (χ1n) is 10.00. The van der Waals surface area contributed by atoms with Crippen LogP contribution in [0.4, 0.5) is 5.69 Å². The van der Waals surface area contributed by atoms with Crippen LogP contribution in [0, 0.1) is 13.8 Å². The molecule has 0 saturated carbocycles. The van der Waals surface area contributed by atoms with Crippen LogP contribution in [0.25, 0.3) is 0 Å². The fourth-order valence-corrected chi connectivity index (χ4v) is 5.04. The molecule has 7 heteroatoms. The maximum absolute atomic E-state index is 12.6. The number of sulfonamides is 1. The zero-order valence-electron chi connectivity index (χ0n) is 17.1. The predicted molar refractivity (Wildman–Crippen MR) is 117 cm³/mol. The lowest BCUT2D eigenvalue weighted by Crippen LogP contribution is -2.49. The Labute approximate surface area is 173 Å². The number of piperazine rings is 1. The first-order chi connectivity index (χ1) is 13.9. The molecule has 1 N–H and O–H groups in total. The van der Waals surface area contributed by atoms with Gasteiger partial charge >= 0.3 is 0 Å². The monoisotopic (exact) mass is 415 g/mol. The van der Waals surface area contributed by atoms with Gasteiger partial charge in [0.05, 0.1) is 5.75 Å². The Morgan fingerprint density at radius 1 is 1.00 bits per heavy atom. The van der Waals surface area contributed by atoms with Gasteiger partial charge in [0.15, 0.2) is 0 Å². The summed E-state index contributed by atoms with van der Waals surface area (Å²) in [6.07, 6.45) is 0.401. The number of nitrogens with one attached hydrogen (secondary N) is 1. The zero-order chi connectivity index (χ0) is 20.9. The topological polar surface area (TPSA) is 69.7 Å². The maximum Gasteiger partial charge on any atom is 0.251 e. The van der Waals surface area contributed by atoms with Crippen molar-refractivity contribution in [3.8, 4) is 0 Å². The quantitative estimate of drug-likeness (QED) is 0.706. The summed E-state index contributed by atoms with van der Waals surface area (Å²) in [5.41, 5.74) is 3.87. The molecule has 2 aromatic rings. The van der Waals surface area contributed by atoms with Gasteiger partial charge in [0.2, 0.25) is 10.0 Å². The van der Waals surface area contributed by atoms with Gasteiger partial charge in [-0.3, -0.25) is 4.79 Å². The van der Waals surface area contributed by atoms with Gasteiger partial charge in [-0.1, -0.05) is 30.3 Å². The zero-order valence-corrected chi connectivity index (χ0v) is 17.9. The lowest BCUT2D eigenvalue weighted by Gasteiger charge is -2.35. The molecule has 1 heterocycles. The van der Waals surface area contributed by atoms with Gasteiger partial charge in [0, 0.05) is 44.0 Å². The second kappa shape index (κ2) is 9.41. The minimum atomic E-state index is -3.31. The van der Waals surface area contributed by atoms with Crippen molar-refractivity contribution in [2.75, 3.05) is 43.4 Å². The second-order valence-corrected chi connectivity index (χ2v) is 9.55. The van der Waals surface area contributed by atoms with Crippen LogP contribution in [-0.2, 0) is 10.0 Å². The van der Waals surface area contributed by atoms with Crippen LogP contribution in [0.3, 0.4) is 0 Å². The van der Waals surface area contributed by atoms with Crippen molar-refractivity contribution in [1.82, 2.24) is 9.62 Å². The van der Waals surface area contributed by atoms with Crippen molar-refractivity contribution < 1.29 is 13.2 Å². The summed E-state index contributed by atoms with van der Waals surface area (Å²) in [6.45, 7) is 6.64. The lowest BCUT2D eigenvalue weighted by atomic mass is 10.1. The first kappa shape index (κ1) is 21.3. The number of hydrogen-bond acceptors (Lipinski definition) is 4. The molecule has 0 unspecified atom stereocenters. The molecular weight excluding hydrogens is 386 g/mol. The molecule has 0 aliphatic carbocycles. The van der Waals surface area contributed by atoms with Crippen LogP contribution < -0.4 is 10.2 Å². The van der Waals surface area contributed by atoms with E-state index in [-0.39, 0.29) is 11.7 Å². The highest BCUT2D eigenvalue weighted by molar-refractivity contribution is 7.89. The number of hydrogen-bond donors (Lipinski definition) is 1. The predicted octanol–water partition coefficient (Wildman–Crippen LogP) is 2.58. The largest absolute Gasteiger partial charge is 0.369 e. The third-order valence-electron chi connectivity index (χ3n) is 5.25. The molecule has 1 saturated heterocycles. The van der Waals surface area contributed by atoms with E-state index in [2.05, 4.69) is 35.3 Å². The number of amides is 1. The fraction of sp³-hybridized carbons (Fsp3) is 0.409. The summed E-state index contributed by atoms with van der Waals surface area (Å²) in [6, 6.07) is 15.6. The SMILES string of the molecule is Cc1cccc(N2CCN(S(=O)(=O)CCCNC(=O)c3ccccc3C)CC2)c1. The summed E-state index contributed by atoms with van der Waals surface area (Å²) in [4.78, 5) is 14.4. The third-order valence-corrected chi connectivity index (χ3v) is 7.21. The molecule has 2 aromatic carbocycles. The minimum Gasteiger partial charge on any atom is -0.369 e. The molecular formula is C22H29N3O3S. The van der Waals surface area contributed by atoms with Crippen molar-refractivity contribution >= 4 is 21.6 Å². The highest BCUT2D eigenvalue weighted by Crippen LogP contribution is 2.19. The van der Waals surface area contributed by atoms with E-state index >= 15 is 0 Å². The molecule has 156 valence electrons. The molecule has 29 heavy (non-hydrogen) atoms. The number of rotatable bonds is 7. The number of nitrogens with zero attached hydrogens (tertiary/aromatic N) is 2. The average molecular weight is 416 g/mol.